The quantitative estimate of drug-likeness (QED) is 0.622. The fraction of sp³-hybridized carbons (Fsp3) is 0.812. The lowest BCUT2D eigenvalue weighted by Gasteiger charge is -2.65. The van der Waals surface area contributed by atoms with E-state index in [1.54, 1.807) is 6.92 Å². The van der Waals surface area contributed by atoms with Gasteiger partial charge in [-0.2, -0.15) is 0 Å². The van der Waals surface area contributed by atoms with Crippen molar-refractivity contribution in [2.75, 3.05) is 0 Å². The van der Waals surface area contributed by atoms with Gasteiger partial charge in [0, 0.05) is 5.41 Å². The van der Waals surface area contributed by atoms with E-state index in [1.807, 2.05) is 6.08 Å². The molecule has 1 saturated carbocycles. The lowest BCUT2D eigenvalue weighted by Crippen LogP contribution is -2.71. The molecule has 4 heteroatoms. The van der Waals surface area contributed by atoms with Crippen LogP contribution in [0.5, 0.6) is 0 Å². The van der Waals surface area contributed by atoms with E-state index >= 15 is 0 Å². The third-order valence-corrected chi connectivity index (χ3v) is 6.17. The Bertz CT molecular complexity index is 485. The number of hydrogen-bond acceptors (Lipinski definition) is 3. The smallest absolute Gasteiger partial charge is 0.312 e. The molecule has 2 aliphatic heterocycles. The van der Waals surface area contributed by atoms with Crippen LogP contribution in [0.4, 0.5) is 0 Å². The summed E-state index contributed by atoms with van der Waals surface area (Å²) >= 11 is 0. The summed E-state index contributed by atoms with van der Waals surface area (Å²) in [5.74, 6) is -0.498. The van der Waals surface area contributed by atoms with Gasteiger partial charge in [0.25, 0.3) is 0 Å². The molecule has 0 aromatic rings. The molecule has 4 nitrogen and oxygen atoms in total. The van der Waals surface area contributed by atoms with Gasteiger partial charge in [-0.25, -0.2) is 9.78 Å². The molecule has 2 heterocycles. The molecule has 0 aromatic heterocycles. The Morgan fingerprint density at radius 3 is 2.40 bits per heavy atom. The van der Waals surface area contributed by atoms with Crippen LogP contribution in [0, 0.1) is 16.7 Å². The van der Waals surface area contributed by atoms with Crippen LogP contribution < -0.4 is 0 Å². The normalized spacial score (nSPS) is 50.2. The molecule has 1 saturated heterocycles. The third-order valence-electron chi connectivity index (χ3n) is 6.17. The number of aliphatic carboxylic acids is 1. The van der Waals surface area contributed by atoms with Gasteiger partial charge >= 0.3 is 5.97 Å². The first kappa shape index (κ1) is 14.1. The standard InChI is InChI=1S/C16H24O4/c1-11(2)15-8-9-16(20-19-15)13(3,10-15)6-5-7-14(16,4)12(17)18/h8-9,11H,5-7,10H2,1-4H3,(H,17,18)/t13-,14+,15+,16+/m1/s1. The van der Waals surface area contributed by atoms with Crippen molar-refractivity contribution in [3.05, 3.63) is 12.2 Å². The van der Waals surface area contributed by atoms with Crippen LogP contribution >= 0.6 is 0 Å². The van der Waals surface area contributed by atoms with Crippen molar-refractivity contribution < 1.29 is 19.7 Å². The Hall–Kier alpha value is -0.870. The molecule has 4 atom stereocenters. The van der Waals surface area contributed by atoms with E-state index in [9.17, 15) is 9.90 Å². The number of fused-ring (bicyclic) bond motifs is 1. The van der Waals surface area contributed by atoms with Gasteiger partial charge in [0.15, 0.2) is 0 Å². The Labute approximate surface area is 120 Å². The predicted molar refractivity (Wildman–Crippen MR) is 73.9 cm³/mol. The van der Waals surface area contributed by atoms with Gasteiger partial charge in [-0.05, 0) is 38.2 Å². The summed E-state index contributed by atoms with van der Waals surface area (Å²) in [6.07, 6.45) is 7.41. The minimum absolute atomic E-state index is 0.185. The van der Waals surface area contributed by atoms with E-state index in [0.717, 1.165) is 19.3 Å². The molecule has 0 unspecified atom stereocenters. The van der Waals surface area contributed by atoms with Crippen LogP contribution in [0.1, 0.15) is 53.4 Å². The molecule has 0 radical (unpaired) electrons. The van der Waals surface area contributed by atoms with Gasteiger partial charge in [0.2, 0.25) is 0 Å². The highest BCUT2D eigenvalue weighted by Crippen LogP contribution is 2.66. The van der Waals surface area contributed by atoms with E-state index in [0.29, 0.717) is 12.3 Å². The highest BCUT2D eigenvalue weighted by Gasteiger charge is 2.71. The van der Waals surface area contributed by atoms with Gasteiger partial charge in [0.1, 0.15) is 16.6 Å². The zero-order valence-electron chi connectivity index (χ0n) is 12.7. The maximum atomic E-state index is 11.9. The van der Waals surface area contributed by atoms with Crippen molar-refractivity contribution in [3.8, 4) is 0 Å². The Kier molecular flexibility index (Phi) is 2.72. The zero-order valence-corrected chi connectivity index (χ0v) is 12.7. The number of rotatable bonds is 2. The molecule has 2 aliphatic carbocycles. The van der Waals surface area contributed by atoms with E-state index < -0.39 is 22.6 Å². The van der Waals surface area contributed by atoms with Crippen LogP contribution in [0.25, 0.3) is 0 Å². The van der Waals surface area contributed by atoms with Gasteiger partial charge in [0.05, 0.1) is 0 Å². The van der Waals surface area contributed by atoms with Crippen LogP contribution in [0.2, 0.25) is 0 Å². The molecule has 20 heavy (non-hydrogen) atoms. The van der Waals surface area contributed by atoms with E-state index in [-0.39, 0.29) is 5.41 Å². The highest BCUT2D eigenvalue weighted by molar-refractivity contribution is 5.77. The monoisotopic (exact) mass is 280 g/mol. The molecule has 0 amide bonds. The minimum Gasteiger partial charge on any atom is -0.481 e. The summed E-state index contributed by atoms with van der Waals surface area (Å²) in [5, 5.41) is 9.77. The summed E-state index contributed by atoms with van der Waals surface area (Å²) in [4.78, 5) is 23.5. The molecule has 0 aromatic carbocycles. The topological polar surface area (TPSA) is 55.8 Å². The molecule has 2 fully saturated rings. The molecule has 4 rings (SSSR count). The molecular formula is C16H24O4. The molecule has 1 N–H and O–H groups in total. The van der Waals surface area contributed by atoms with E-state index in [4.69, 9.17) is 9.78 Å². The zero-order chi connectivity index (χ0) is 14.8. The SMILES string of the molecule is CC(C)[C@@]12C=C[C@]3(OO1)[C@](C)(CCC[C@@]3(C)C(=O)O)C2. The molecule has 2 bridgehead atoms. The molecular weight excluding hydrogens is 256 g/mol. The fourth-order valence-electron chi connectivity index (χ4n) is 4.58. The number of carbonyl (C=O) groups is 1. The number of carboxylic acids is 1. The minimum atomic E-state index is -0.930. The lowest BCUT2D eigenvalue weighted by molar-refractivity contribution is -0.483. The number of carboxylic acid groups (broad SMARTS) is 1. The molecule has 112 valence electrons. The molecule has 4 aliphatic rings. The number of hydrogen-bond donors (Lipinski definition) is 1. The fourth-order valence-corrected chi connectivity index (χ4v) is 4.58. The average molecular weight is 280 g/mol. The van der Waals surface area contributed by atoms with Crippen molar-refractivity contribution in [1.82, 2.24) is 0 Å². The maximum absolute atomic E-state index is 11.9. The first-order valence-corrected chi connectivity index (χ1v) is 7.52. The highest BCUT2D eigenvalue weighted by atomic mass is 17.2. The van der Waals surface area contributed by atoms with Crippen molar-refractivity contribution in [2.24, 2.45) is 16.7 Å². The summed E-state index contributed by atoms with van der Waals surface area (Å²) in [6, 6.07) is 0. The Morgan fingerprint density at radius 1 is 1.20 bits per heavy atom. The van der Waals surface area contributed by atoms with Crippen molar-refractivity contribution >= 4 is 5.97 Å². The van der Waals surface area contributed by atoms with Crippen LogP contribution in [-0.2, 0) is 14.6 Å². The average Bonchev–Trinajstić information content (AvgIpc) is 2.38. The van der Waals surface area contributed by atoms with Crippen LogP contribution in [0.15, 0.2) is 12.2 Å². The van der Waals surface area contributed by atoms with Crippen molar-refractivity contribution in [1.29, 1.82) is 0 Å². The Morgan fingerprint density at radius 2 is 1.90 bits per heavy atom. The summed E-state index contributed by atoms with van der Waals surface area (Å²) in [6.45, 7) is 8.20. The Balaban J connectivity index is 2.16. The van der Waals surface area contributed by atoms with E-state index in [1.165, 1.54) is 0 Å². The first-order chi connectivity index (χ1) is 9.22. The van der Waals surface area contributed by atoms with Crippen molar-refractivity contribution in [3.63, 3.8) is 0 Å². The summed E-state index contributed by atoms with van der Waals surface area (Å²) in [5.41, 5.74) is -2.37. The van der Waals surface area contributed by atoms with Gasteiger partial charge in [-0.15, -0.1) is 0 Å². The van der Waals surface area contributed by atoms with Crippen LogP contribution in [0.3, 0.4) is 0 Å². The lowest BCUT2D eigenvalue weighted by atomic mass is 9.47. The predicted octanol–water partition coefficient (Wildman–Crippen LogP) is 3.32. The maximum Gasteiger partial charge on any atom is 0.312 e. The largest absolute Gasteiger partial charge is 0.481 e. The van der Waals surface area contributed by atoms with Gasteiger partial charge in [-0.1, -0.05) is 33.3 Å². The summed E-state index contributed by atoms with van der Waals surface area (Å²) < 4.78 is 0. The second kappa shape index (κ2) is 3.86. The van der Waals surface area contributed by atoms with Gasteiger partial charge < -0.3 is 5.11 Å². The third kappa shape index (κ3) is 1.37. The molecule has 1 spiro atoms. The van der Waals surface area contributed by atoms with Crippen molar-refractivity contribution in [2.45, 2.75) is 64.6 Å². The second-order valence-corrected chi connectivity index (χ2v) is 7.57. The van der Waals surface area contributed by atoms with Crippen LogP contribution in [-0.4, -0.2) is 22.3 Å². The van der Waals surface area contributed by atoms with Gasteiger partial charge in [-0.3, -0.25) is 4.79 Å². The first-order valence-electron chi connectivity index (χ1n) is 7.52. The second-order valence-electron chi connectivity index (χ2n) is 7.57. The van der Waals surface area contributed by atoms with E-state index in [2.05, 4.69) is 26.8 Å². The summed E-state index contributed by atoms with van der Waals surface area (Å²) in [7, 11) is 0.